The summed E-state index contributed by atoms with van der Waals surface area (Å²) >= 11 is 1.81. The minimum absolute atomic E-state index is 0.0308. The Morgan fingerprint density at radius 3 is 3.05 bits per heavy atom. The Morgan fingerprint density at radius 2 is 2.29 bits per heavy atom. The van der Waals surface area contributed by atoms with Gasteiger partial charge in [-0.3, -0.25) is 15.0 Å². The van der Waals surface area contributed by atoms with Gasteiger partial charge in [0.2, 0.25) is 0 Å². The Morgan fingerprint density at radius 1 is 1.43 bits per heavy atom. The zero-order chi connectivity index (χ0) is 14.8. The molecule has 0 spiro atoms. The monoisotopic (exact) mass is 304 g/mol. The van der Waals surface area contributed by atoms with Crippen molar-refractivity contribution in [3.05, 3.63) is 55.8 Å². The molecule has 1 aromatic carbocycles. The molecule has 1 aliphatic heterocycles. The fourth-order valence-electron chi connectivity index (χ4n) is 2.68. The number of nitro benzene ring substituents is 1. The van der Waals surface area contributed by atoms with Crippen LogP contribution in [0.5, 0.6) is 5.75 Å². The highest BCUT2D eigenvalue weighted by molar-refractivity contribution is 7.10. The van der Waals surface area contributed by atoms with E-state index in [0.29, 0.717) is 5.75 Å². The van der Waals surface area contributed by atoms with Gasteiger partial charge in [-0.15, -0.1) is 11.3 Å². The first-order valence-electron chi connectivity index (χ1n) is 6.76. The van der Waals surface area contributed by atoms with Gasteiger partial charge in [-0.25, -0.2) is 0 Å². The molecule has 0 saturated heterocycles. The summed E-state index contributed by atoms with van der Waals surface area (Å²) in [6, 6.07) is 7.35. The average molecular weight is 304 g/mol. The van der Waals surface area contributed by atoms with E-state index in [9.17, 15) is 10.1 Å². The number of hydrogen-bond acceptors (Lipinski definition) is 5. The van der Waals surface area contributed by atoms with Crippen LogP contribution in [0.2, 0.25) is 0 Å². The number of rotatable bonds is 4. The molecule has 0 saturated carbocycles. The number of hydrogen-bond donors (Lipinski definition) is 0. The average Bonchev–Trinajstić information content (AvgIpc) is 2.94. The molecule has 5 nitrogen and oxygen atoms in total. The number of nitro groups is 1. The molecular formula is C15H16N2O3S. The first kappa shape index (κ1) is 14.0. The van der Waals surface area contributed by atoms with Gasteiger partial charge < -0.3 is 4.74 Å². The standard InChI is InChI=1S/C15H16N2O3S/c1-20-14-3-2-11(8-13(14)17(18)19)9-16-6-4-15-12(10-16)5-7-21-15/h2-3,5,7-8H,4,6,9-10H2,1H3. The first-order valence-corrected chi connectivity index (χ1v) is 7.64. The van der Waals surface area contributed by atoms with Crippen LogP contribution in [0.1, 0.15) is 16.0 Å². The van der Waals surface area contributed by atoms with Gasteiger partial charge in [0, 0.05) is 30.6 Å². The van der Waals surface area contributed by atoms with Gasteiger partial charge in [-0.1, -0.05) is 6.07 Å². The minimum atomic E-state index is -0.393. The summed E-state index contributed by atoms with van der Waals surface area (Å²) in [5.41, 5.74) is 2.36. The molecule has 0 aliphatic carbocycles. The van der Waals surface area contributed by atoms with Crippen LogP contribution in [0.25, 0.3) is 0 Å². The van der Waals surface area contributed by atoms with E-state index in [-0.39, 0.29) is 5.69 Å². The van der Waals surface area contributed by atoms with Crippen LogP contribution >= 0.6 is 11.3 Å². The van der Waals surface area contributed by atoms with Crippen LogP contribution in [0.3, 0.4) is 0 Å². The van der Waals surface area contributed by atoms with Gasteiger partial charge in [0.25, 0.3) is 0 Å². The van der Waals surface area contributed by atoms with E-state index in [1.807, 2.05) is 17.4 Å². The van der Waals surface area contributed by atoms with Crippen molar-refractivity contribution in [2.45, 2.75) is 19.5 Å². The van der Waals surface area contributed by atoms with Crippen molar-refractivity contribution in [1.29, 1.82) is 0 Å². The molecule has 2 heterocycles. The minimum Gasteiger partial charge on any atom is -0.490 e. The Balaban J connectivity index is 1.77. The summed E-state index contributed by atoms with van der Waals surface area (Å²) in [5, 5.41) is 13.2. The fraction of sp³-hybridized carbons (Fsp3) is 0.333. The van der Waals surface area contributed by atoms with E-state index >= 15 is 0 Å². The number of ether oxygens (including phenoxy) is 1. The van der Waals surface area contributed by atoms with Crippen LogP contribution < -0.4 is 4.74 Å². The molecule has 1 aromatic heterocycles. The third-order valence-corrected chi connectivity index (χ3v) is 4.76. The number of benzene rings is 1. The number of fused-ring (bicyclic) bond motifs is 1. The van der Waals surface area contributed by atoms with Crippen molar-refractivity contribution in [2.24, 2.45) is 0 Å². The van der Waals surface area contributed by atoms with Gasteiger partial charge in [0.1, 0.15) is 0 Å². The van der Waals surface area contributed by atoms with E-state index in [4.69, 9.17) is 4.74 Å². The molecule has 110 valence electrons. The van der Waals surface area contributed by atoms with Gasteiger partial charge in [0.05, 0.1) is 12.0 Å². The van der Waals surface area contributed by atoms with Crippen molar-refractivity contribution in [2.75, 3.05) is 13.7 Å². The lowest BCUT2D eigenvalue weighted by molar-refractivity contribution is -0.385. The highest BCUT2D eigenvalue weighted by Crippen LogP contribution is 2.29. The van der Waals surface area contributed by atoms with Crippen LogP contribution in [0, 0.1) is 10.1 Å². The van der Waals surface area contributed by atoms with E-state index in [1.54, 1.807) is 12.1 Å². The van der Waals surface area contributed by atoms with Crippen molar-refractivity contribution >= 4 is 17.0 Å². The summed E-state index contributed by atoms with van der Waals surface area (Å²) in [7, 11) is 1.45. The smallest absolute Gasteiger partial charge is 0.311 e. The summed E-state index contributed by atoms with van der Waals surface area (Å²) in [6.45, 7) is 2.63. The Bertz CT molecular complexity index is 669. The first-order chi connectivity index (χ1) is 10.2. The molecule has 0 amide bonds. The molecule has 0 radical (unpaired) electrons. The molecular weight excluding hydrogens is 288 g/mol. The molecule has 0 N–H and O–H groups in total. The van der Waals surface area contributed by atoms with E-state index in [0.717, 1.165) is 31.6 Å². The highest BCUT2D eigenvalue weighted by atomic mass is 32.1. The number of nitrogens with zero attached hydrogens (tertiary/aromatic N) is 2. The topological polar surface area (TPSA) is 55.6 Å². The van der Waals surface area contributed by atoms with Gasteiger partial charge in [-0.2, -0.15) is 0 Å². The zero-order valence-corrected chi connectivity index (χ0v) is 12.6. The molecule has 0 atom stereocenters. The second-order valence-electron chi connectivity index (χ2n) is 5.09. The predicted octanol–water partition coefficient (Wildman–Crippen LogP) is 3.22. The van der Waals surface area contributed by atoms with Crippen LogP contribution in [0.15, 0.2) is 29.6 Å². The Labute approximate surface area is 126 Å². The predicted molar refractivity (Wildman–Crippen MR) is 81.8 cm³/mol. The van der Waals surface area contributed by atoms with Gasteiger partial charge in [0.15, 0.2) is 5.75 Å². The summed E-state index contributed by atoms with van der Waals surface area (Å²) in [4.78, 5) is 14.5. The van der Waals surface area contributed by atoms with Crippen molar-refractivity contribution < 1.29 is 9.66 Å². The Hall–Kier alpha value is -1.92. The third kappa shape index (κ3) is 2.91. The summed E-state index contributed by atoms with van der Waals surface area (Å²) in [5.74, 6) is 0.308. The summed E-state index contributed by atoms with van der Waals surface area (Å²) < 4.78 is 5.03. The molecule has 6 heteroatoms. The number of thiophene rings is 1. The molecule has 0 fully saturated rings. The quantitative estimate of drug-likeness (QED) is 0.643. The lowest BCUT2D eigenvalue weighted by Crippen LogP contribution is -2.29. The van der Waals surface area contributed by atoms with Crippen LogP contribution in [-0.2, 0) is 19.5 Å². The van der Waals surface area contributed by atoms with Gasteiger partial charge in [-0.05, 0) is 35.1 Å². The second kappa shape index (κ2) is 5.83. The lowest BCUT2D eigenvalue weighted by atomic mass is 10.1. The molecule has 0 unspecified atom stereocenters. The zero-order valence-electron chi connectivity index (χ0n) is 11.7. The maximum atomic E-state index is 11.1. The molecule has 0 bridgehead atoms. The van der Waals surface area contributed by atoms with Gasteiger partial charge >= 0.3 is 5.69 Å². The maximum absolute atomic E-state index is 11.1. The molecule has 21 heavy (non-hydrogen) atoms. The normalized spacial score (nSPS) is 14.7. The largest absolute Gasteiger partial charge is 0.490 e. The molecule has 1 aliphatic rings. The number of methoxy groups -OCH3 is 1. The van der Waals surface area contributed by atoms with E-state index < -0.39 is 4.92 Å². The maximum Gasteiger partial charge on any atom is 0.311 e. The van der Waals surface area contributed by atoms with E-state index in [2.05, 4.69) is 16.3 Å². The molecule has 2 aromatic rings. The lowest BCUT2D eigenvalue weighted by Gasteiger charge is -2.26. The second-order valence-corrected chi connectivity index (χ2v) is 6.09. The van der Waals surface area contributed by atoms with Crippen molar-refractivity contribution in [1.82, 2.24) is 4.90 Å². The third-order valence-electron chi connectivity index (χ3n) is 3.73. The SMILES string of the molecule is COc1ccc(CN2CCc3sccc3C2)cc1[N+](=O)[O-]. The van der Waals surface area contributed by atoms with Crippen molar-refractivity contribution in [3.8, 4) is 5.75 Å². The Kier molecular flexibility index (Phi) is 3.90. The highest BCUT2D eigenvalue weighted by Gasteiger charge is 2.19. The van der Waals surface area contributed by atoms with Crippen LogP contribution in [0.4, 0.5) is 5.69 Å². The van der Waals surface area contributed by atoms with E-state index in [1.165, 1.54) is 17.6 Å². The fourth-order valence-corrected chi connectivity index (χ4v) is 3.57. The van der Waals surface area contributed by atoms with Crippen LogP contribution in [-0.4, -0.2) is 23.5 Å². The van der Waals surface area contributed by atoms with Crippen molar-refractivity contribution in [3.63, 3.8) is 0 Å². The summed E-state index contributed by atoms with van der Waals surface area (Å²) in [6.07, 6.45) is 1.06. The molecule has 3 rings (SSSR count).